The second-order valence-electron chi connectivity index (χ2n) is 14.8. The van der Waals surface area contributed by atoms with Crippen LogP contribution in [0.3, 0.4) is 0 Å². The number of rotatable bonds is 8. The maximum absolute atomic E-state index is 10.9. The van der Waals surface area contributed by atoms with Crippen LogP contribution >= 0.6 is 0 Å². The van der Waals surface area contributed by atoms with Gasteiger partial charge in [0, 0.05) is 64.9 Å². The fourth-order valence-electron chi connectivity index (χ4n) is 8.20. The van der Waals surface area contributed by atoms with Crippen molar-refractivity contribution in [3.8, 4) is 90.4 Å². The van der Waals surface area contributed by atoms with Gasteiger partial charge in [-0.2, -0.15) is 0 Å². The Balaban J connectivity index is 0.00000259. The first-order valence-corrected chi connectivity index (χ1v) is 20.2. The number of fused-ring (bicyclic) bond motifs is 2. The zero-order chi connectivity index (χ0) is 41.6. The Kier molecular flexibility index (Phi) is 11.7. The van der Waals surface area contributed by atoms with Gasteiger partial charge < -0.3 is 10.2 Å². The van der Waals surface area contributed by atoms with Crippen molar-refractivity contribution in [1.82, 2.24) is 29.1 Å². The van der Waals surface area contributed by atoms with Crippen molar-refractivity contribution in [2.45, 2.75) is 0 Å². The van der Waals surface area contributed by atoms with E-state index in [1.165, 1.54) is 0 Å². The van der Waals surface area contributed by atoms with E-state index in [1.54, 1.807) is 18.5 Å². The molecule has 8 nitrogen and oxygen atoms in total. The third-order valence-corrected chi connectivity index (χ3v) is 11.1. The second-order valence-corrected chi connectivity index (χ2v) is 14.8. The maximum atomic E-state index is 10.9. The molecule has 0 spiro atoms. The van der Waals surface area contributed by atoms with Gasteiger partial charge in [0.2, 0.25) is 0 Å². The first-order chi connectivity index (χ1) is 30.6. The van der Waals surface area contributed by atoms with E-state index in [-0.39, 0.29) is 53.6 Å². The van der Waals surface area contributed by atoms with E-state index in [0.29, 0.717) is 34.2 Å². The number of hydrogen-bond donors (Lipinski definition) is 2. The molecule has 3 heterocycles. The van der Waals surface area contributed by atoms with Gasteiger partial charge >= 0.3 is 0 Å². The van der Waals surface area contributed by atoms with Crippen LogP contribution in [0.2, 0.25) is 0 Å². The predicted molar refractivity (Wildman–Crippen MR) is 245 cm³/mol. The number of benzene rings is 8. The van der Waals surface area contributed by atoms with Crippen LogP contribution in [-0.2, 0) is 42.1 Å². The Bertz CT molecular complexity index is 3240. The van der Waals surface area contributed by atoms with E-state index in [9.17, 15) is 10.2 Å². The summed E-state index contributed by atoms with van der Waals surface area (Å²) in [5.41, 5.74) is 13.1. The van der Waals surface area contributed by atoms with E-state index in [4.69, 9.17) is 19.9 Å². The normalized spacial score (nSPS) is 11.0. The fourth-order valence-corrected chi connectivity index (χ4v) is 8.20. The third-order valence-electron chi connectivity index (χ3n) is 11.1. The van der Waals surface area contributed by atoms with E-state index in [0.717, 1.165) is 66.8 Å². The number of aromatic nitrogens is 6. The molecular weight excluding hydrogens is 1150 g/mol. The molecule has 11 aromatic rings. The molecule has 2 N–H and O–H groups in total. The Labute approximate surface area is 397 Å². The molecule has 314 valence electrons. The first-order valence-electron chi connectivity index (χ1n) is 20.2. The first kappa shape index (κ1) is 42.1. The summed E-state index contributed by atoms with van der Waals surface area (Å²) in [5.74, 6) is 1.60. The summed E-state index contributed by atoms with van der Waals surface area (Å²) in [5, 5.41) is 21.9. The minimum absolute atomic E-state index is 0. The topological polar surface area (TPSA) is 102 Å². The largest absolute Gasteiger partial charge is 0.507 e. The minimum Gasteiger partial charge on any atom is -0.507 e. The summed E-state index contributed by atoms with van der Waals surface area (Å²) < 4.78 is 4.17. The number of phenols is 2. The van der Waals surface area contributed by atoms with Crippen molar-refractivity contribution < 1.29 is 52.3 Å². The number of para-hydroxylation sites is 6. The molecule has 0 unspecified atom stereocenters. The standard InChI is InChI=1S/C54H34N6O2.2Pt/c61-49-29-9-7-23-43(49)53-57-51-41(25-13-27-47(51)59(53)39-19-3-1-4-20-39)35-15-11-17-37(31-35)45-33-46(56-34-55-45)38-18-12-16-36(32-38)42-26-14-28-48-52(42)58-54(44-24-8-10-30-50(44)62)60(48)40-21-5-2-6-22-40;;/h1-30,33-34,61-62H;;/q-2;;. The zero-order valence-electron chi connectivity index (χ0n) is 33.7. The number of imidazole rings is 2. The van der Waals surface area contributed by atoms with Crippen LogP contribution in [0.4, 0.5) is 0 Å². The van der Waals surface area contributed by atoms with Crippen molar-refractivity contribution in [2.24, 2.45) is 0 Å². The molecule has 0 aliphatic heterocycles. The molecule has 0 saturated heterocycles. The number of phenolic OH excluding ortho intramolecular Hbond substituents is 2. The molecule has 0 bridgehead atoms. The fraction of sp³-hybridized carbons (Fsp3) is 0. The second kappa shape index (κ2) is 17.9. The molecule has 0 atom stereocenters. The summed E-state index contributed by atoms with van der Waals surface area (Å²) in [6.45, 7) is 0. The molecule has 0 saturated carbocycles. The van der Waals surface area contributed by atoms with Gasteiger partial charge in [0.1, 0.15) is 23.1 Å². The van der Waals surface area contributed by atoms with Crippen molar-refractivity contribution in [3.63, 3.8) is 0 Å². The van der Waals surface area contributed by atoms with Gasteiger partial charge in [-0.15, -0.1) is 59.7 Å². The van der Waals surface area contributed by atoms with Crippen molar-refractivity contribution in [2.75, 3.05) is 0 Å². The summed E-state index contributed by atoms with van der Waals surface area (Å²) in [6, 6.07) is 68.3. The average Bonchev–Trinajstić information content (AvgIpc) is 3.92. The Hall–Kier alpha value is -7.24. The van der Waals surface area contributed by atoms with Crippen LogP contribution in [0.5, 0.6) is 11.5 Å². The maximum Gasteiger partial charge on any atom is 0.148 e. The van der Waals surface area contributed by atoms with Crippen LogP contribution in [0.15, 0.2) is 194 Å². The zero-order valence-corrected chi connectivity index (χ0v) is 38.2. The SMILES string of the molecule is Oc1ccccc1-c1nc2c(-c3[c-]c(-c4cc(-c5[c-]c(-c6cccc7c6nc(-c6ccccc6O)n7-c6ccccc6)ccc5)ncn4)ccc3)cccc2n1-c1ccccc1.[Pt].[Pt]. The van der Waals surface area contributed by atoms with Crippen LogP contribution in [-0.4, -0.2) is 39.3 Å². The quantitative estimate of drug-likeness (QED) is 0.147. The molecule has 0 fully saturated rings. The van der Waals surface area contributed by atoms with E-state index < -0.39 is 0 Å². The molecule has 64 heavy (non-hydrogen) atoms. The van der Waals surface area contributed by atoms with Gasteiger partial charge in [-0.25, -0.2) is 9.97 Å². The molecule has 3 aromatic heterocycles. The number of nitrogens with zero attached hydrogens (tertiary/aromatic N) is 6. The monoisotopic (exact) mass is 1190 g/mol. The molecule has 10 heteroatoms. The summed E-state index contributed by atoms with van der Waals surface area (Å²) in [7, 11) is 0. The van der Waals surface area contributed by atoms with Crippen molar-refractivity contribution >= 4 is 22.1 Å². The van der Waals surface area contributed by atoms with E-state index >= 15 is 0 Å². The predicted octanol–water partition coefficient (Wildman–Crippen LogP) is 12.2. The molecule has 11 rings (SSSR count). The third kappa shape index (κ3) is 7.55. The molecule has 0 radical (unpaired) electrons. The molecule has 0 aliphatic carbocycles. The Morgan fingerprint density at radius 2 is 0.750 bits per heavy atom. The van der Waals surface area contributed by atoms with Gasteiger partial charge in [-0.1, -0.05) is 113 Å². The van der Waals surface area contributed by atoms with Crippen LogP contribution in [0, 0.1) is 12.1 Å². The van der Waals surface area contributed by atoms with Crippen LogP contribution in [0.1, 0.15) is 0 Å². The van der Waals surface area contributed by atoms with Crippen LogP contribution < -0.4 is 0 Å². The van der Waals surface area contributed by atoms with Crippen molar-refractivity contribution in [1.29, 1.82) is 0 Å². The number of hydrogen-bond acceptors (Lipinski definition) is 6. The average molecular weight is 1190 g/mol. The summed E-state index contributed by atoms with van der Waals surface area (Å²) in [6.07, 6.45) is 1.58. The van der Waals surface area contributed by atoms with Gasteiger partial charge in [0.05, 0.1) is 39.5 Å². The summed E-state index contributed by atoms with van der Waals surface area (Å²) >= 11 is 0. The van der Waals surface area contributed by atoms with Gasteiger partial charge in [0.25, 0.3) is 0 Å². The van der Waals surface area contributed by atoms with Gasteiger partial charge in [-0.3, -0.25) is 19.1 Å². The Morgan fingerprint density at radius 1 is 0.375 bits per heavy atom. The van der Waals surface area contributed by atoms with E-state index in [2.05, 4.69) is 45.5 Å². The van der Waals surface area contributed by atoms with E-state index in [1.807, 2.05) is 152 Å². The van der Waals surface area contributed by atoms with Crippen molar-refractivity contribution in [3.05, 3.63) is 207 Å². The van der Waals surface area contributed by atoms with Crippen LogP contribution in [0.25, 0.3) is 101 Å². The Morgan fingerprint density at radius 3 is 1.19 bits per heavy atom. The summed E-state index contributed by atoms with van der Waals surface area (Å²) in [4.78, 5) is 19.8. The van der Waals surface area contributed by atoms with Gasteiger partial charge in [-0.05, 0) is 60.7 Å². The van der Waals surface area contributed by atoms with Gasteiger partial charge in [0.15, 0.2) is 0 Å². The molecule has 0 amide bonds. The molecular formula is C54H34N6O2Pt2-2. The molecule has 0 aliphatic rings. The number of aromatic hydroxyl groups is 2. The minimum atomic E-state index is 0. The molecule has 8 aromatic carbocycles. The smallest absolute Gasteiger partial charge is 0.148 e.